The van der Waals surface area contributed by atoms with Gasteiger partial charge in [-0.3, -0.25) is 4.79 Å². The average Bonchev–Trinajstić information content (AvgIpc) is 3.05. The molecule has 5 nitrogen and oxygen atoms in total. The minimum Gasteiger partial charge on any atom is -0.493 e. The second-order valence-corrected chi connectivity index (χ2v) is 8.29. The molecule has 1 aliphatic heterocycles. The van der Waals surface area contributed by atoms with E-state index in [1.807, 2.05) is 33.8 Å². The Bertz CT molecular complexity index is 1120. The molecular formula is C23H25F2N3O2. The van der Waals surface area contributed by atoms with Gasteiger partial charge in [0, 0.05) is 24.1 Å². The minimum atomic E-state index is -0.962. The Labute approximate surface area is 174 Å². The second kappa shape index (κ2) is 7.70. The molecule has 0 spiro atoms. The summed E-state index contributed by atoms with van der Waals surface area (Å²) in [6.07, 6.45) is 2.14. The average molecular weight is 413 g/mol. The Balaban J connectivity index is 1.68. The molecule has 2 unspecified atom stereocenters. The van der Waals surface area contributed by atoms with Crippen LogP contribution >= 0.6 is 0 Å². The van der Waals surface area contributed by atoms with Crippen molar-refractivity contribution in [3.63, 3.8) is 0 Å². The van der Waals surface area contributed by atoms with Crippen LogP contribution in [0.3, 0.4) is 0 Å². The molecule has 0 saturated carbocycles. The highest BCUT2D eigenvalue weighted by Crippen LogP contribution is 2.36. The van der Waals surface area contributed by atoms with Gasteiger partial charge < -0.3 is 14.6 Å². The normalized spacial score (nSPS) is 17.0. The van der Waals surface area contributed by atoms with Crippen molar-refractivity contribution in [2.75, 3.05) is 6.61 Å². The van der Waals surface area contributed by atoms with Crippen LogP contribution in [0, 0.1) is 31.4 Å². The van der Waals surface area contributed by atoms with Gasteiger partial charge in [0.25, 0.3) is 0 Å². The Hall–Kier alpha value is -2.96. The highest BCUT2D eigenvalue weighted by Gasteiger charge is 2.31. The van der Waals surface area contributed by atoms with E-state index < -0.39 is 17.7 Å². The summed E-state index contributed by atoms with van der Waals surface area (Å²) in [6, 6.07) is 5.46. The number of fused-ring (bicyclic) bond motifs is 2. The Kier molecular flexibility index (Phi) is 5.22. The summed E-state index contributed by atoms with van der Waals surface area (Å²) in [5.41, 5.74) is 3.83. The molecule has 7 heteroatoms. The van der Waals surface area contributed by atoms with E-state index in [2.05, 4.69) is 16.4 Å². The van der Waals surface area contributed by atoms with Crippen LogP contribution in [0.1, 0.15) is 49.0 Å². The van der Waals surface area contributed by atoms with Crippen molar-refractivity contribution in [1.82, 2.24) is 14.9 Å². The third-order valence-electron chi connectivity index (χ3n) is 5.61. The minimum absolute atomic E-state index is 0.0888. The number of halogens is 2. The van der Waals surface area contributed by atoms with Gasteiger partial charge in [0.1, 0.15) is 11.8 Å². The number of ether oxygens (including phenoxy) is 1. The number of aromatic nitrogens is 2. The highest BCUT2D eigenvalue weighted by atomic mass is 19.2. The van der Waals surface area contributed by atoms with Crippen LogP contribution in [0.4, 0.5) is 8.78 Å². The van der Waals surface area contributed by atoms with Gasteiger partial charge in [0.15, 0.2) is 11.6 Å². The van der Waals surface area contributed by atoms with Gasteiger partial charge in [-0.1, -0.05) is 31.5 Å². The van der Waals surface area contributed by atoms with Crippen LogP contribution in [0.15, 0.2) is 30.6 Å². The first kappa shape index (κ1) is 20.3. The smallest absolute Gasteiger partial charge is 0.243 e. The largest absolute Gasteiger partial charge is 0.493 e. The van der Waals surface area contributed by atoms with Gasteiger partial charge in [-0.05, 0) is 25.3 Å². The standard InChI is InChI=1S/C23H25F2N3O2/c1-12(2)21(28-11-26-19-9-16(24)17(25)10-20(19)28)23(29)27-18-5-6-30-22-14(4)7-13(3)8-15(18)22/h7-12,18,21H,5-6H2,1-4H3,(H,27,29). The summed E-state index contributed by atoms with van der Waals surface area (Å²) in [7, 11) is 0. The van der Waals surface area contributed by atoms with Crippen molar-refractivity contribution in [1.29, 1.82) is 0 Å². The van der Waals surface area contributed by atoms with E-state index in [-0.39, 0.29) is 17.9 Å². The molecular weight excluding hydrogens is 388 g/mol. The number of hydrogen-bond donors (Lipinski definition) is 1. The van der Waals surface area contributed by atoms with Gasteiger partial charge in [-0.25, -0.2) is 13.8 Å². The lowest BCUT2D eigenvalue weighted by Gasteiger charge is -2.31. The number of amides is 1. The first-order valence-corrected chi connectivity index (χ1v) is 10.1. The maximum Gasteiger partial charge on any atom is 0.243 e. The summed E-state index contributed by atoms with van der Waals surface area (Å²) >= 11 is 0. The first-order valence-electron chi connectivity index (χ1n) is 10.1. The summed E-state index contributed by atoms with van der Waals surface area (Å²) in [5, 5.41) is 3.15. The van der Waals surface area contributed by atoms with Gasteiger partial charge in [0.2, 0.25) is 5.91 Å². The molecule has 0 saturated heterocycles. The molecule has 30 heavy (non-hydrogen) atoms. The van der Waals surface area contributed by atoms with Crippen LogP contribution in [-0.4, -0.2) is 22.1 Å². The molecule has 1 amide bonds. The predicted molar refractivity (Wildman–Crippen MR) is 110 cm³/mol. The Morgan fingerprint density at radius 1 is 1.20 bits per heavy atom. The van der Waals surface area contributed by atoms with Crippen molar-refractivity contribution in [2.45, 2.75) is 46.2 Å². The molecule has 0 aliphatic carbocycles. The van der Waals surface area contributed by atoms with E-state index in [0.717, 1.165) is 34.6 Å². The number of benzene rings is 2. The van der Waals surface area contributed by atoms with Gasteiger partial charge in [0.05, 0.1) is 30.0 Å². The molecule has 2 heterocycles. The first-order chi connectivity index (χ1) is 14.3. The molecule has 0 bridgehead atoms. The van der Waals surface area contributed by atoms with E-state index in [9.17, 15) is 13.6 Å². The fraction of sp³-hybridized carbons (Fsp3) is 0.391. The van der Waals surface area contributed by atoms with Crippen LogP contribution in [0.25, 0.3) is 11.0 Å². The number of rotatable bonds is 4. The molecule has 0 fully saturated rings. The maximum atomic E-state index is 13.9. The molecule has 158 valence electrons. The fourth-order valence-corrected chi connectivity index (χ4v) is 4.28. The van der Waals surface area contributed by atoms with Crippen molar-refractivity contribution in [2.24, 2.45) is 5.92 Å². The van der Waals surface area contributed by atoms with Crippen molar-refractivity contribution < 1.29 is 18.3 Å². The van der Waals surface area contributed by atoms with Crippen LogP contribution in [-0.2, 0) is 4.79 Å². The molecule has 0 radical (unpaired) electrons. The molecule has 1 aliphatic rings. The topological polar surface area (TPSA) is 56.2 Å². The number of aryl methyl sites for hydroxylation is 2. The van der Waals surface area contributed by atoms with Gasteiger partial charge in [-0.15, -0.1) is 0 Å². The molecule has 3 aromatic rings. The van der Waals surface area contributed by atoms with Crippen molar-refractivity contribution in [3.8, 4) is 5.75 Å². The number of carbonyl (C=O) groups excluding carboxylic acids is 1. The van der Waals surface area contributed by atoms with Crippen LogP contribution < -0.4 is 10.1 Å². The quantitative estimate of drug-likeness (QED) is 0.670. The Morgan fingerprint density at radius 3 is 2.67 bits per heavy atom. The van der Waals surface area contributed by atoms with Gasteiger partial charge >= 0.3 is 0 Å². The number of hydrogen-bond acceptors (Lipinski definition) is 3. The van der Waals surface area contributed by atoms with Crippen LogP contribution in [0.2, 0.25) is 0 Å². The third-order valence-corrected chi connectivity index (χ3v) is 5.61. The second-order valence-electron chi connectivity index (χ2n) is 8.29. The number of nitrogens with one attached hydrogen (secondary N) is 1. The monoisotopic (exact) mass is 413 g/mol. The fourth-order valence-electron chi connectivity index (χ4n) is 4.28. The van der Waals surface area contributed by atoms with Crippen LogP contribution in [0.5, 0.6) is 5.75 Å². The maximum absolute atomic E-state index is 13.9. The lowest BCUT2D eigenvalue weighted by Crippen LogP contribution is -2.39. The van der Waals surface area contributed by atoms with E-state index in [1.165, 1.54) is 6.33 Å². The predicted octanol–water partition coefficient (Wildman–Crippen LogP) is 4.77. The highest BCUT2D eigenvalue weighted by molar-refractivity contribution is 5.84. The lowest BCUT2D eigenvalue weighted by atomic mass is 9.94. The van der Waals surface area contributed by atoms with E-state index in [4.69, 9.17) is 4.74 Å². The number of carbonyl (C=O) groups is 1. The third kappa shape index (κ3) is 3.53. The molecule has 2 aromatic carbocycles. The molecule has 2 atom stereocenters. The van der Waals surface area contributed by atoms with E-state index in [1.54, 1.807) is 4.57 Å². The molecule has 1 N–H and O–H groups in total. The van der Waals surface area contributed by atoms with Crippen molar-refractivity contribution in [3.05, 3.63) is 58.9 Å². The van der Waals surface area contributed by atoms with E-state index >= 15 is 0 Å². The van der Waals surface area contributed by atoms with E-state index in [0.29, 0.717) is 24.1 Å². The van der Waals surface area contributed by atoms with Crippen molar-refractivity contribution >= 4 is 16.9 Å². The summed E-state index contributed by atoms with van der Waals surface area (Å²) in [5.74, 6) is -1.37. The lowest BCUT2D eigenvalue weighted by molar-refractivity contribution is -0.126. The zero-order chi connectivity index (χ0) is 21.6. The number of nitrogens with zero attached hydrogens (tertiary/aromatic N) is 2. The summed E-state index contributed by atoms with van der Waals surface area (Å²) in [6.45, 7) is 8.37. The Morgan fingerprint density at radius 2 is 1.93 bits per heavy atom. The summed E-state index contributed by atoms with van der Waals surface area (Å²) in [4.78, 5) is 17.5. The van der Waals surface area contributed by atoms with Gasteiger partial charge in [-0.2, -0.15) is 0 Å². The zero-order valence-electron chi connectivity index (χ0n) is 17.5. The number of imidazole rings is 1. The summed E-state index contributed by atoms with van der Waals surface area (Å²) < 4.78 is 34.9. The molecule has 4 rings (SSSR count). The zero-order valence-corrected chi connectivity index (χ0v) is 17.5. The molecule has 1 aromatic heterocycles. The SMILES string of the molecule is Cc1cc(C)c2c(c1)C(NC(=O)C(C(C)C)n1cnc3cc(F)c(F)cc31)CCO2.